The van der Waals surface area contributed by atoms with Gasteiger partial charge in [-0.25, -0.2) is 4.79 Å². The van der Waals surface area contributed by atoms with Crippen molar-refractivity contribution in [2.24, 2.45) is 0 Å². The molecule has 0 amide bonds. The summed E-state index contributed by atoms with van der Waals surface area (Å²) in [6, 6.07) is 0.0340. The van der Waals surface area contributed by atoms with Gasteiger partial charge >= 0.3 is 5.97 Å². The standard InChI is InChI=1S/C12H20N4O4S/c1-9-11(12(17)18)8-13-16(9)10-4-6-15(7-5-10)21(19,20)14(2)3/h8,10H,4-7H2,1-3H3,(H,17,18). The molecule has 1 aliphatic rings. The summed E-state index contributed by atoms with van der Waals surface area (Å²) in [7, 11) is -0.357. The molecule has 0 aliphatic carbocycles. The quantitative estimate of drug-likeness (QED) is 0.864. The highest BCUT2D eigenvalue weighted by atomic mass is 32.2. The fraction of sp³-hybridized carbons (Fsp3) is 0.667. The van der Waals surface area contributed by atoms with E-state index in [1.54, 1.807) is 11.6 Å². The van der Waals surface area contributed by atoms with E-state index in [9.17, 15) is 13.2 Å². The van der Waals surface area contributed by atoms with Crippen LogP contribution in [0.4, 0.5) is 0 Å². The molecule has 8 nitrogen and oxygen atoms in total. The van der Waals surface area contributed by atoms with Gasteiger partial charge in [-0.3, -0.25) is 4.68 Å². The molecule has 1 aliphatic heterocycles. The highest BCUT2D eigenvalue weighted by molar-refractivity contribution is 7.86. The van der Waals surface area contributed by atoms with Gasteiger partial charge in [0.1, 0.15) is 5.56 Å². The Morgan fingerprint density at radius 1 is 1.38 bits per heavy atom. The Hall–Kier alpha value is -1.45. The molecule has 1 aromatic heterocycles. The van der Waals surface area contributed by atoms with E-state index in [-0.39, 0.29) is 11.6 Å². The average Bonchev–Trinajstić information content (AvgIpc) is 2.80. The molecule has 21 heavy (non-hydrogen) atoms. The first-order valence-corrected chi connectivity index (χ1v) is 8.10. The number of carboxylic acids is 1. The van der Waals surface area contributed by atoms with Gasteiger partial charge in [0.05, 0.1) is 17.9 Å². The van der Waals surface area contributed by atoms with Crippen LogP contribution in [0.3, 0.4) is 0 Å². The molecule has 0 atom stereocenters. The summed E-state index contributed by atoms with van der Waals surface area (Å²) in [5.74, 6) is -0.994. The number of nitrogens with zero attached hydrogens (tertiary/aromatic N) is 4. The molecular formula is C12H20N4O4S. The smallest absolute Gasteiger partial charge is 0.339 e. The first-order chi connectivity index (χ1) is 9.75. The van der Waals surface area contributed by atoms with E-state index in [1.807, 2.05) is 0 Å². The Morgan fingerprint density at radius 2 is 1.95 bits per heavy atom. The minimum atomic E-state index is -3.38. The van der Waals surface area contributed by atoms with Crippen LogP contribution in [0.1, 0.15) is 34.9 Å². The Labute approximate surface area is 124 Å². The molecule has 9 heteroatoms. The van der Waals surface area contributed by atoms with Gasteiger partial charge in [-0.1, -0.05) is 0 Å². The molecule has 1 N–H and O–H groups in total. The lowest BCUT2D eigenvalue weighted by molar-refractivity contribution is 0.0696. The summed E-state index contributed by atoms with van der Waals surface area (Å²) in [5.41, 5.74) is 0.801. The second-order valence-electron chi connectivity index (χ2n) is 5.31. The summed E-state index contributed by atoms with van der Waals surface area (Å²) in [6.07, 6.45) is 2.59. The average molecular weight is 316 g/mol. The van der Waals surface area contributed by atoms with Gasteiger partial charge in [0.25, 0.3) is 10.2 Å². The Morgan fingerprint density at radius 3 is 2.38 bits per heavy atom. The maximum absolute atomic E-state index is 12.0. The third-order valence-electron chi connectivity index (χ3n) is 3.83. The molecule has 2 rings (SSSR count). The number of hydrogen-bond acceptors (Lipinski definition) is 4. The fourth-order valence-electron chi connectivity index (χ4n) is 2.55. The van der Waals surface area contributed by atoms with Crippen LogP contribution in [0, 0.1) is 6.92 Å². The highest BCUT2D eigenvalue weighted by Gasteiger charge is 2.31. The zero-order valence-corrected chi connectivity index (χ0v) is 13.2. The number of hydrogen-bond donors (Lipinski definition) is 1. The Bertz CT molecular complexity index is 630. The molecule has 1 aromatic rings. The van der Waals surface area contributed by atoms with Gasteiger partial charge in [-0.2, -0.15) is 22.1 Å². The van der Waals surface area contributed by atoms with Crippen molar-refractivity contribution in [2.75, 3.05) is 27.2 Å². The van der Waals surface area contributed by atoms with E-state index in [4.69, 9.17) is 5.11 Å². The van der Waals surface area contributed by atoms with Crippen LogP contribution >= 0.6 is 0 Å². The minimum absolute atomic E-state index is 0.0340. The van der Waals surface area contributed by atoms with Crippen LogP contribution in [0.25, 0.3) is 0 Å². The molecule has 0 bridgehead atoms. The first-order valence-electron chi connectivity index (χ1n) is 6.70. The number of carboxylic acid groups (broad SMARTS) is 1. The monoisotopic (exact) mass is 316 g/mol. The van der Waals surface area contributed by atoms with Crippen LogP contribution in [0.2, 0.25) is 0 Å². The number of aromatic carboxylic acids is 1. The van der Waals surface area contributed by atoms with Crippen LogP contribution in [-0.4, -0.2) is 65.1 Å². The Balaban J connectivity index is 2.10. The molecule has 0 unspecified atom stereocenters. The third-order valence-corrected chi connectivity index (χ3v) is 5.77. The van der Waals surface area contributed by atoms with E-state index >= 15 is 0 Å². The summed E-state index contributed by atoms with van der Waals surface area (Å²) in [4.78, 5) is 11.0. The molecule has 2 heterocycles. The maximum atomic E-state index is 12.0. The van der Waals surface area contributed by atoms with Gasteiger partial charge < -0.3 is 5.11 Å². The number of aromatic nitrogens is 2. The molecule has 1 fully saturated rings. The topological polar surface area (TPSA) is 95.7 Å². The molecule has 0 spiro atoms. The summed E-state index contributed by atoms with van der Waals surface area (Å²) < 4.78 is 28.4. The lowest BCUT2D eigenvalue weighted by Gasteiger charge is -2.33. The van der Waals surface area contributed by atoms with Crippen LogP contribution in [0.5, 0.6) is 0 Å². The molecule has 118 valence electrons. The zero-order valence-electron chi connectivity index (χ0n) is 12.4. The minimum Gasteiger partial charge on any atom is -0.478 e. The molecule has 0 aromatic carbocycles. The van der Waals surface area contributed by atoms with E-state index in [1.165, 1.54) is 28.9 Å². The summed E-state index contributed by atoms with van der Waals surface area (Å²) in [6.45, 7) is 2.54. The zero-order chi connectivity index (χ0) is 15.8. The SMILES string of the molecule is Cc1c(C(=O)O)cnn1C1CCN(S(=O)(=O)N(C)C)CC1. The number of piperidine rings is 1. The maximum Gasteiger partial charge on any atom is 0.339 e. The number of carbonyl (C=O) groups is 1. The van der Waals surface area contributed by atoms with Gasteiger partial charge in [-0.05, 0) is 19.8 Å². The fourth-order valence-corrected chi connectivity index (χ4v) is 3.68. The van der Waals surface area contributed by atoms with E-state index in [0.717, 1.165) is 0 Å². The van der Waals surface area contributed by atoms with Crippen molar-refractivity contribution in [2.45, 2.75) is 25.8 Å². The van der Waals surface area contributed by atoms with E-state index in [0.29, 0.717) is 31.6 Å². The van der Waals surface area contributed by atoms with Gasteiger partial charge in [0, 0.05) is 27.2 Å². The normalized spacial score (nSPS) is 18.3. The molecule has 0 radical (unpaired) electrons. The first kappa shape index (κ1) is 15.9. The van der Waals surface area contributed by atoms with Crippen molar-refractivity contribution >= 4 is 16.2 Å². The largest absolute Gasteiger partial charge is 0.478 e. The lowest BCUT2D eigenvalue weighted by atomic mass is 10.1. The van der Waals surface area contributed by atoms with Crippen molar-refractivity contribution in [3.63, 3.8) is 0 Å². The predicted molar refractivity (Wildman–Crippen MR) is 76.4 cm³/mol. The van der Waals surface area contributed by atoms with E-state index < -0.39 is 16.2 Å². The van der Waals surface area contributed by atoms with Crippen LogP contribution in [-0.2, 0) is 10.2 Å². The van der Waals surface area contributed by atoms with Gasteiger partial charge in [-0.15, -0.1) is 0 Å². The second-order valence-corrected chi connectivity index (χ2v) is 7.46. The van der Waals surface area contributed by atoms with Crippen LogP contribution in [0.15, 0.2) is 6.20 Å². The van der Waals surface area contributed by atoms with Crippen LogP contribution < -0.4 is 0 Å². The number of rotatable bonds is 4. The van der Waals surface area contributed by atoms with Gasteiger partial charge in [0.15, 0.2) is 0 Å². The molecule has 0 saturated carbocycles. The van der Waals surface area contributed by atoms with Crippen molar-refractivity contribution in [3.05, 3.63) is 17.5 Å². The van der Waals surface area contributed by atoms with Crippen molar-refractivity contribution < 1.29 is 18.3 Å². The lowest BCUT2D eigenvalue weighted by Crippen LogP contribution is -2.44. The highest BCUT2D eigenvalue weighted by Crippen LogP contribution is 2.26. The van der Waals surface area contributed by atoms with Gasteiger partial charge in [0.2, 0.25) is 0 Å². The van der Waals surface area contributed by atoms with Crippen molar-refractivity contribution in [1.82, 2.24) is 18.4 Å². The van der Waals surface area contributed by atoms with E-state index in [2.05, 4.69) is 5.10 Å². The summed E-state index contributed by atoms with van der Waals surface area (Å²) in [5, 5.41) is 13.2. The van der Waals surface area contributed by atoms with Crippen molar-refractivity contribution in [3.8, 4) is 0 Å². The molecular weight excluding hydrogens is 296 g/mol. The van der Waals surface area contributed by atoms with Crippen molar-refractivity contribution in [1.29, 1.82) is 0 Å². The molecule has 1 saturated heterocycles. The Kier molecular flexibility index (Phi) is 4.35. The second kappa shape index (κ2) is 5.74. The third kappa shape index (κ3) is 2.94. The summed E-state index contributed by atoms with van der Waals surface area (Å²) >= 11 is 0. The predicted octanol–water partition coefficient (Wildman–Crippen LogP) is 0.333.